The molecule has 108 valence electrons. The summed E-state index contributed by atoms with van der Waals surface area (Å²) in [6.07, 6.45) is 1.23. The Balaban J connectivity index is 2.14. The number of hydrogen-bond acceptors (Lipinski definition) is 3. The van der Waals surface area contributed by atoms with E-state index >= 15 is 0 Å². The molecule has 1 aromatic carbocycles. The van der Waals surface area contributed by atoms with Gasteiger partial charge in [0.2, 0.25) is 0 Å². The minimum Gasteiger partial charge on any atom is -0.444 e. The number of hydrogen-bond donors (Lipinski definition) is 0. The van der Waals surface area contributed by atoms with Crippen LogP contribution in [-0.4, -0.2) is 35.5 Å². The second-order valence-electron chi connectivity index (χ2n) is 6.11. The third kappa shape index (κ3) is 3.18. The van der Waals surface area contributed by atoms with Gasteiger partial charge in [-0.05, 0) is 32.8 Å². The van der Waals surface area contributed by atoms with Gasteiger partial charge >= 0.3 is 6.09 Å². The van der Waals surface area contributed by atoms with E-state index in [4.69, 9.17) is 4.74 Å². The molecule has 20 heavy (non-hydrogen) atoms. The van der Waals surface area contributed by atoms with Gasteiger partial charge in [-0.3, -0.25) is 4.90 Å². The fourth-order valence-electron chi connectivity index (χ4n) is 2.58. The van der Waals surface area contributed by atoms with E-state index in [0.717, 1.165) is 18.3 Å². The van der Waals surface area contributed by atoms with Gasteiger partial charge < -0.3 is 9.53 Å². The number of carbonyl (C=O) groups excluding carboxylic acids is 2. The Labute approximate surface area is 119 Å². The first-order chi connectivity index (χ1) is 9.42. The molecule has 1 amide bonds. The zero-order valence-corrected chi connectivity index (χ0v) is 12.2. The lowest BCUT2D eigenvalue weighted by Crippen LogP contribution is -2.41. The maximum absolute atomic E-state index is 12.2. The molecule has 0 N–H and O–H groups in total. The highest BCUT2D eigenvalue weighted by atomic mass is 16.6. The Morgan fingerprint density at radius 3 is 2.50 bits per heavy atom. The van der Waals surface area contributed by atoms with Crippen LogP contribution in [0.3, 0.4) is 0 Å². The Hall–Kier alpha value is -1.84. The molecule has 0 unspecified atom stereocenters. The molecule has 4 nitrogen and oxygen atoms in total. The van der Waals surface area contributed by atoms with Crippen LogP contribution in [0, 0.1) is 0 Å². The minimum absolute atomic E-state index is 0.0567. The van der Waals surface area contributed by atoms with Gasteiger partial charge in [0, 0.05) is 12.5 Å². The molecule has 2 rings (SSSR count). The molecule has 0 spiro atoms. The van der Waals surface area contributed by atoms with E-state index in [9.17, 15) is 9.59 Å². The first-order valence-electron chi connectivity index (χ1n) is 6.92. The molecule has 1 aliphatic heterocycles. The lowest BCUT2D eigenvalue weighted by molar-refractivity contribution is -0.112. The lowest BCUT2D eigenvalue weighted by Gasteiger charge is -2.27. The first kappa shape index (κ1) is 14.6. The van der Waals surface area contributed by atoms with Gasteiger partial charge in [0.05, 0.1) is 6.04 Å². The van der Waals surface area contributed by atoms with Crippen molar-refractivity contribution in [3.8, 4) is 0 Å². The Bertz CT molecular complexity index is 478. The molecule has 0 aromatic heterocycles. The van der Waals surface area contributed by atoms with E-state index in [1.54, 1.807) is 0 Å². The quantitative estimate of drug-likeness (QED) is 0.779. The van der Waals surface area contributed by atoms with Gasteiger partial charge in [0.25, 0.3) is 0 Å². The monoisotopic (exact) mass is 275 g/mol. The summed E-state index contributed by atoms with van der Waals surface area (Å²) < 4.78 is 5.37. The molecular formula is C16H21NO3. The number of carbonyl (C=O) groups is 2. The van der Waals surface area contributed by atoms with Crippen LogP contribution >= 0.6 is 0 Å². The molecule has 1 heterocycles. The van der Waals surface area contributed by atoms with E-state index in [1.165, 1.54) is 4.90 Å². The van der Waals surface area contributed by atoms with Crippen LogP contribution in [0.15, 0.2) is 30.3 Å². The summed E-state index contributed by atoms with van der Waals surface area (Å²) in [6, 6.07) is 9.41. The summed E-state index contributed by atoms with van der Waals surface area (Å²) in [5.41, 5.74) is 0.547. The summed E-state index contributed by atoms with van der Waals surface area (Å²) >= 11 is 0. The standard InChI is InChI=1S/C16H21NO3/c1-16(2,3)20-15(19)17-10-9-13(14(17)11-18)12-7-5-4-6-8-12/h4-8,11,13-14H,9-10H2,1-3H3/t13-,14-/m0/s1. The van der Waals surface area contributed by atoms with Crippen molar-refractivity contribution >= 4 is 12.4 Å². The molecule has 1 aliphatic rings. The van der Waals surface area contributed by atoms with Crippen molar-refractivity contribution in [3.05, 3.63) is 35.9 Å². The molecule has 1 saturated heterocycles. The second-order valence-corrected chi connectivity index (χ2v) is 6.11. The van der Waals surface area contributed by atoms with E-state index in [2.05, 4.69) is 0 Å². The zero-order chi connectivity index (χ0) is 14.8. The van der Waals surface area contributed by atoms with Crippen molar-refractivity contribution in [2.45, 2.75) is 44.8 Å². The molecule has 0 saturated carbocycles. The number of rotatable bonds is 2. The summed E-state index contributed by atoms with van der Waals surface area (Å²) in [5, 5.41) is 0. The third-order valence-corrected chi connectivity index (χ3v) is 3.45. The first-order valence-corrected chi connectivity index (χ1v) is 6.92. The van der Waals surface area contributed by atoms with Crippen molar-refractivity contribution in [1.29, 1.82) is 0 Å². The molecule has 1 fully saturated rings. The number of likely N-dealkylation sites (tertiary alicyclic amines) is 1. The highest BCUT2D eigenvalue weighted by Gasteiger charge is 2.39. The van der Waals surface area contributed by atoms with Crippen molar-refractivity contribution < 1.29 is 14.3 Å². The predicted molar refractivity (Wildman–Crippen MR) is 76.6 cm³/mol. The highest BCUT2D eigenvalue weighted by Crippen LogP contribution is 2.33. The highest BCUT2D eigenvalue weighted by molar-refractivity contribution is 5.75. The van der Waals surface area contributed by atoms with Gasteiger partial charge in [-0.2, -0.15) is 0 Å². The van der Waals surface area contributed by atoms with E-state index in [1.807, 2.05) is 51.1 Å². The predicted octanol–water partition coefficient (Wildman–Crippen LogP) is 2.98. The molecule has 2 atom stereocenters. The number of aldehydes is 1. The third-order valence-electron chi connectivity index (χ3n) is 3.45. The maximum Gasteiger partial charge on any atom is 0.410 e. The van der Waals surface area contributed by atoms with Crippen LogP contribution in [0.25, 0.3) is 0 Å². The number of benzene rings is 1. The fraction of sp³-hybridized carbons (Fsp3) is 0.500. The molecule has 1 aromatic rings. The summed E-state index contributed by atoms with van der Waals surface area (Å²) in [5.74, 6) is 0.0567. The van der Waals surface area contributed by atoms with E-state index in [-0.39, 0.29) is 5.92 Å². The van der Waals surface area contributed by atoms with E-state index < -0.39 is 17.7 Å². The molecule has 0 aliphatic carbocycles. The second kappa shape index (κ2) is 5.65. The van der Waals surface area contributed by atoms with Crippen LogP contribution < -0.4 is 0 Å². The Morgan fingerprint density at radius 2 is 1.95 bits per heavy atom. The molecule has 0 radical (unpaired) electrons. The van der Waals surface area contributed by atoms with Crippen molar-refractivity contribution in [3.63, 3.8) is 0 Å². The summed E-state index contributed by atoms with van der Waals surface area (Å²) in [7, 11) is 0. The summed E-state index contributed by atoms with van der Waals surface area (Å²) in [6.45, 7) is 6.03. The zero-order valence-electron chi connectivity index (χ0n) is 12.2. The van der Waals surface area contributed by atoms with Crippen LogP contribution in [-0.2, 0) is 9.53 Å². The van der Waals surface area contributed by atoms with E-state index in [0.29, 0.717) is 6.54 Å². The smallest absolute Gasteiger partial charge is 0.410 e. The number of nitrogens with zero attached hydrogens (tertiary/aromatic N) is 1. The van der Waals surface area contributed by atoms with Crippen LogP contribution in [0.4, 0.5) is 4.79 Å². The van der Waals surface area contributed by atoms with Gasteiger partial charge in [0.1, 0.15) is 11.9 Å². The Kier molecular flexibility index (Phi) is 4.12. The van der Waals surface area contributed by atoms with Gasteiger partial charge in [-0.25, -0.2) is 4.79 Å². The topological polar surface area (TPSA) is 46.6 Å². The number of amides is 1. The van der Waals surface area contributed by atoms with Crippen molar-refractivity contribution in [1.82, 2.24) is 4.90 Å². The SMILES string of the molecule is CC(C)(C)OC(=O)N1CC[C@@H](c2ccccc2)[C@@H]1C=O. The fourth-order valence-corrected chi connectivity index (χ4v) is 2.58. The van der Waals surface area contributed by atoms with Crippen LogP contribution in [0.5, 0.6) is 0 Å². The van der Waals surface area contributed by atoms with Gasteiger partial charge in [0.15, 0.2) is 0 Å². The van der Waals surface area contributed by atoms with Crippen LogP contribution in [0.1, 0.15) is 38.7 Å². The maximum atomic E-state index is 12.2. The minimum atomic E-state index is -0.546. The van der Waals surface area contributed by atoms with Gasteiger partial charge in [-0.1, -0.05) is 30.3 Å². The average Bonchev–Trinajstić information content (AvgIpc) is 2.81. The van der Waals surface area contributed by atoms with Gasteiger partial charge in [-0.15, -0.1) is 0 Å². The Morgan fingerprint density at radius 1 is 1.30 bits per heavy atom. The van der Waals surface area contributed by atoms with Crippen molar-refractivity contribution in [2.75, 3.05) is 6.54 Å². The van der Waals surface area contributed by atoms with Crippen molar-refractivity contribution in [2.24, 2.45) is 0 Å². The largest absolute Gasteiger partial charge is 0.444 e. The normalized spacial score (nSPS) is 22.6. The summed E-state index contributed by atoms with van der Waals surface area (Å²) in [4.78, 5) is 25.1. The van der Waals surface area contributed by atoms with Crippen LogP contribution in [0.2, 0.25) is 0 Å². The molecular weight excluding hydrogens is 254 g/mol. The lowest BCUT2D eigenvalue weighted by atomic mass is 9.92. The number of ether oxygens (including phenoxy) is 1. The molecule has 0 bridgehead atoms. The average molecular weight is 275 g/mol. The molecule has 4 heteroatoms.